The van der Waals surface area contributed by atoms with E-state index in [2.05, 4.69) is 15.0 Å². The summed E-state index contributed by atoms with van der Waals surface area (Å²) >= 11 is 0. The van der Waals surface area contributed by atoms with Gasteiger partial charge in [-0.15, -0.1) is 5.10 Å². The monoisotopic (exact) mass is 260 g/mol. The Hall–Kier alpha value is -0.900. The van der Waals surface area contributed by atoms with E-state index in [-0.39, 0.29) is 0 Å². The van der Waals surface area contributed by atoms with Crippen molar-refractivity contribution in [2.24, 2.45) is 35.3 Å². The lowest BCUT2D eigenvalue weighted by molar-refractivity contribution is -0.0446. The van der Waals surface area contributed by atoms with Crippen molar-refractivity contribution in [1.29, 1.82) is 0 Å². The molecule has 1 heterocycles. The fourth-order valence-electron chi connectivity index (χ4n) is 5.31. The fourth-order valence-corrected chi connectivity index (χ4v) is 5.31. The Morgan fingerprint density at radius 3 is 2.42 bits per heavy atom. The van der Waals surface area contributed by atoms with Gasteiger partial charge in [-0.1, -0.05) is 5.21 Å². The smallest absolute Gasteiger partial charge is 0.0725 e. The first-order valence-electron chi connectivity index (χ1n) is 7.91. The molecule has 0 atom stereocenters. The Balaban J connectivity index is 1.52. The molecule has 1 aromatic heterocycles. The Morgan fingerprint density at radius 2 is 1.79 bits per heavy atom. The summed E-state index contributed by atoms with van der Waals surface area (Å²) in [4.78, 5) is 0. The molecule has 4 aliphatic rings. The van der Waals surface area contributed by atoms with Crippen molar-refractivity contribution in [2.45, 2.75) is 45.1 Å². The third kappa shape index (κ3) is 2.00. The lowest BCUT2D eigenvalue weighted by Gasteiger charge is -2.54. The first kappa shape index (κ1) is 11.9. The van der Waals surface area contributed by atoms with Crippen LogP contribution in [0.2, 0.25) is 0 Å². The van der Waals surface area contributed by atoms with Crippen molar-refractivity contribution in [1.82, 2.24) is 15.0 Å². The fraction of sp³-hybridized carbons (Fsp3) is 0.867. The molecule has 2 N–H and O–H groups in total. The molecule has 0 aromatic carbocycles. The molecule has 4 saturated carbocycles. The molecule has 0 saturated heterocycles. The zero-order valence-corrected chi connectivity index (χ0v) is 11.5. The molecule has 5 rings (SSSR count). The van der Waals surface area contributed by atoms with Crippen molar-refractivity contribution in [3.05, 3.63) is 11.9 Å². The van der Waals surface area contributed by atoms with Crippen LogP contribution in [-0.2, 0) is 13.0 Å². The maximum Gasteiger partial charge on any atom is 0.0725 e. The van der Waals surface area contributed by atoms with Gasteiger partial charge >= 0.3 is 0 Å². The van der Waals surface area contributed by atoms with E-state index in [1.54, 1.807) is 0 Å². The summed E-state index contributed by atoms with van der Waals surface area (Å²) in [6.07, 6.45) is 10.3. The van der Waals surface area contributed by atoms with Crippen LogP contribution in [0, 0.1) is 29.6 Å². The highest BCUT2D eigenvalue weighted by molar-refractivity contribution is 5.00. The number of nitrogens with zero attached hydrogens (tertiary/aromatic N) is 3. The number of hydrogen-bond acceptors (Lipinski definition) is 3. The summed E-state index contributed by atoms with van der Waals surface area (Å²) in [5.74, 6) is 4.89. The van der Waals surface area contributed by atoms with Gasteiger partial charge in [-0.2, -0.15) is 0 Å². The standard InChI is InChI=1S/C15H24N4/c16-2-1-14-8-17-18-19(14)9-15-12-4-10-3-11(6-12)7-13(15)5-10/h8,10-13,15H,1-7,9,16H2. The number of hydrogen-bond donors (Lipinski definition) is 1. The van der Waals surface area contributed by atoms with Crippen LogP contribution in [0.4, 0.5) is 0 Å². The highest BCUT2D eigenvalue weighted by Crippen LogP contribution is 2.56. The van der Waals surface area contributed by atoms with E-state index in [9.17, 15) is 0 Å². The van der Waals surface area contributed by atoms with E-state index in [1.807, 2.05) is 6.20 Å². The maximum absolute atomic E-state index is 5.67. The van der Waals surface area contributed by atoms with E-state index in [0.29, 0.717) is 6.54 Å². The van der Waals surface area contributed by atoms with Gasteiger partial charge in [0.25, 0.3) is 0 Å². The van der Waals surface area contributed by atoms with Crippen molar-refractivity contribution < 1.29 is 0 Å². The number of aromatic nitrogens is 3. The van der Waals surface area contributed by atoms with Gasteiger partial charge in [-0.25, -0.2) is 4.68 Å². The van der Waals surface area contributed by atoms with Crippen LogP contribution in [0.5, 0.6) is 0 Å². The third-order valence-corrected chi connectivity index (χ3v) is 5.90. The summed E-state index contributed by atoms with van der Waals surface area (Å²) in [7, 11) is 0. The molecule has 4 bridgehead atoms. The normalized spacial score (nSPS) is 39.9. The van der Waals surface area contributed by atoms with E-state index in [0.717, 1.165) is 42.6 Å². The van der Waals surface area contributed by atoms with Gasteiger partial charge in [-0.3, -0.25) is 0 Å². The lowest BCUT2D eigenvalue weighted by atomic mass is 9.52. The first-order valence-corrected chi connectivity index (χ1v) is 7.91. The average Bonchev–Trinajstić information content (AvgIpc) is 2.81. The molecule has 4 nitrogen and oxygen atoms in total. The number of nitrogens with two attached hydrogens (primary N) is 1. The molecule has 104 valence electrons. The minimum atomic E-state index is 0.690. The van der Waals surface area contributed by atoms with E-state index >= 15 is 0 Å². The van der Waals surface area contributed by atoms with Crippen molar-refractivity contribution >= 4 is 0 Å². The molecular weight excluding hydrogens is 236 g/mol. The molecule has 0 aliphatic heterocycles. The molecule has 4 heteroatoms. The second kappa shape index (κ2) is 4.58. The quantitative estimate of drug-likeness (QED) is 0.899. The van der Waals surface area contributed by atoms with Gasteiger partial charge in [-0.05, 0) is 68.2 Å². The highest BCUT2D eigenvalue weighted by atomic mass is 15.4. The van der Waals surface area contributed by atoms with Gasteiger partial charge in [0.1, 0.15) is 0 Å². The summed E-state index contributed by atoms with van der Waals surface area (Å²) in [5.41, 5.74) is 6.89. The van der Waals surface area contributed by atoms with Crippen LogP contribution in [0.15, 0.2) is 6.20 Å². The molecule has 4 aliphatic carbocycles. The van der Waals surface area contributed by atoms with Gasteiger partial charge in [0.2, 0.25) is 0 Å². The molecule has 1 aromatic rings. The second-order valence-electron chi connectivity index (χ2n) is 7.04. The number of rotatable bonds is 4. The van der Waals surface area contributed by atoms with Crippen molar-refractivity contribution in [3.8, 4) is 0 Å². The van der Waals surface area contributed by atoms with Crippen molar-refractivity contribution in [2.75, 3.05) is 6.54 Å². The van der Waals surface area contributed by atoms with E-state index in [1.165, 1.54) is 37.8 Å². The van der Waals surface area contributed by atoms with Crippen LogP contribution in [0.1, 0.15) is 37.8 Å². The molecule has 4 fully saturated rings. The summed E-state index contributed by atoms with van der Waals surface area (Å²) in [5, 5.41) is 8.38. The first-order chi connectivity index (χ1) is 9.33. The van der Waals surface area contributed by atoms with E-state index in [4.69, 9.17) is 5.73 Å². The molecule has 0 radical (unpaired) electrons. The summed E-state index contributed by atoms with van der Waals surface area (Å²) in [6, 6.07) is 0. The van der Waals surface area contributed by atoms with Crippen LogP contribution in [-0.4, -0.2) is 21.5 Å². The van der Waals surface area contributed by atoms with Gasteiger partial charge in [0.15, 0.2) is 0 Å². The molecule has 0 amide bonds. The largest absolute Gasteiger partial charge is 0.330 e. The van der Waals surface area contributed by atoms with Crippen LogP contribution in [0.25, 0.3) is 0 Å². The minimum Gasteiger partial charge on any atom is -0.330 e. The van der Waals surface area contributed by atoms with E-state index < -0.39 is 0 Å². The topological polar surface area (TPSA) is 56.7 Å². The molecule has 19 heavy (non-hydrogen) atoms. The van der Waals surface area contributed by atoms with Gasteiger partial charge < -0.3 is 5.73 Å². The van der Waals surface area contributed by atoms with Crippen molar-refractivity contribution in [3.63, 3.8) is 0 Å². The molecule has 0 spiro atoms. The SMILES string of the molecule is NCCc1cnnn1CC1C2CC3CC(C2)CC1C3. The predicted molar refractivity (Wildman–Crippen MR) is 73.3 cm³/mol. The highest BCUT2D eigenvalue weighted by Gasteiger charge is 2.48. The molecular formula is C15H24N4. The summed E-state index contributed by atoms with van der Waals surface area (Å²) < 4.78 is 2.14. The second-order valence-corrected chi connectivity index (χ2v) is 7.04. The third-order valence-electron chi connectivity index (χ3n) is 5.90. The Bertz CT molecular complexity index is 425. The van der Waals surface area contributed by atoms with Gasteiger partial charge in [0, 0.05) is 13.0 Å². The van der Waals surface area contributed by atoms with Crippen LogP contribution < -0.4 is 5.73 Å². The Kier molecular flexibility index (Phi) is 2.87. The van der Waals surface area contributed by atoms with Crippen LogP contribution in [0.3, 0.4) is 0 Å². The Morgan fingerprint density at radius 1 is 1.11 bits per heavy atom. The molecule has 0 unspecified atom stereocenters. The van der Waals surface area contributed by atoms with Crippen LogP contribution >= 0.6 is 0 Å². The zero-order valence-electron chi connectivity index (χ0n) is 11.5. The lowest BCUT2D eigenvalue weighted by Crippen LogP contribution is -2.46. The predicted octanol–water partition coefficient (Wildman–Crippen LogP) is 1.85. The van der Waals surface area contributed by atoms with Gasteiger partial charge in [0.05, 0.1) is 11.9 Å². The average molecular weight is 260 g/mol. The minimum absolute atomic E-state index is 0.690. The Labute approximate surface area is 114 Å². The summed E-state index contributed by atoms with van der Waals surface area (Å²) in [6.45, 7) is 1.78. The zero-order chi connectivity index (χ0) is 12.8. The maximum atomic E-state index is 5.67.